The minimum Gasteiger partial charge on any atom is -0.507 e. The molecule has 1 aliphatic heterocycles. The quantitative estimate of drug-likeness (QED) is 0.577. The highest BCUT2D eigenvalue weighted by Gasteiger charge is 2.35. The Morgan fingerprint density at radius 1 is 1.26 bits per heavy atom. The molecule has 7 heteroatoms. The number of aryl methyl sites for hydroxylation is 2. The van der Waals surface area contributed by atoms with E-state index in [1.807, 2.05) is 32.0 Å². The second kappa shape index (κ2) is 7.92. The Hall–Kier alpha value is -2.67. The van der Waals surface area contributed by atoms with Crippen molar-refractivity contribution in [2.45, 2.75) is 20.3 Å². The van der Waals surface area contributed by atoms with Gasteiger partial charge in [0.2, 0.25) is 11.8 Å². The smallest absolute Gasteiger partial charge is 0.245 e. The summed E-state index contributed by atoms with van der Waals surface area (Å²) in [6.07, 6.45) is 1.52. The first kappa shape index (κ1) is 19.1. The number of benzene rings is 2. The Morgan fingerprint density at radius 2 is 2.04 bits per heavy atom. The molecule has 0 unspecified atom stereocenters. The summed E-state index contributed by atoms with van der Waals surface area (Å²) in [5.41, 5.74) is 6.00. The van der Waals surface area contributed by atoms with Crippen LogP contribution in [0.15, 0.2) is 46.0 Å². The lowest BCUT2D eigenvalue weighted by Crippen LogP contribution is -2.30. The molecule has 0 aliphatic carbocycles. The van der Waals surface area contributed by atoms with Crippen molar-refractivity contribution >= 4 is 39.6 Å². The molecule has 0 radical (unpaired) electrons. The van der Waals surface area contributed by atoms with E-state index in [1.54, 1.807) is 17.0 Å². The number of carbonyl (C=O) groups excluding carboxylic acids is 2. The van der Waals surface area contributed by atoms with Crippen LogP contribution >= 0.6 is 15.9 Å². The van der Waals surface area contributed by atoms with Crippen LogP contribution in [0.3, 0.4) is 0 Å². The maximum Gasteiger partial charge on any atom is 0.245 e. The predicted octanol–water partition coefficient (Wildman–Crippen LogP) is 3.27. The van der Waals surface area contributed by atoms with Crippen molar-refractivity contribution in [2.24, 2.45) is 11.0 Å². The van der Waals surface area contributed by atoms with E-state index >= 15 is 0 Å². The molecule has 0 saturated carbocycles. The zero-order valence-corrected chi connectivity index (χ0v) is 16.7. The molecular formula is C20H20BrN3O3. The van der Waals surface area contributed by atoms with Crippen LogP contribution in [0.1, 0.15) is 23.1 Å². The third-order valence-electron chi connectivity index (χ3n) is 4.67. The molecule has 27 heavy (non-hydrogen) atoms. The maximum atomic E-state index is 12.4. The van der Waals surface area contributed by atoms with E-state index in [4.69, 9.17) is 0 Å². The molecule has 3 rings (SSSR count). The topological polar surface area (TPSA) is 82.0 Å². The minimum atomic E-state index is -0.465. The zero-order chi connectivity index (χ0) is 19.6. The van der Waals surface area contributed by atoms with Gasteiger partial charge in [0.05, 0.1) is 12.1 Å². The largest absolute Gasteiger partial charge is 0.507 e. The van der Waals surface area contributed by atoms with Crippen LogP contribution in [-0.2, 0) is 9.59 Å². The lowest BCUT2D eigenvalue weighted by molar-refractivity contribution is -0.126. The highest BCUT2D eigenvalue weighted by atomic mass is 79.9. The number of hydrazone groups is 1. The van der Waals surface area contributed by atoms with Crippen LogP contribution in [0.4, 0.5) is 5.69 Å². The number of rotatable bonds is 4. The maximum absolute atomic E-state index is 12.4. The van der Waals surface area contributed by atoms with Gasteiger partial charge in [-0.1, -0.05) is 22.0 Å². The van der Waals surface area contributed by atoms with E-state index < -0.39 is 5.92 Å². The van der Waals surface area contributed by atoms with Gasteiger partial charge in [-0.15, -0.1) is 0 Å². The number of carbonyl (C=O) groups is 2. The second-order valence-corrected chi connectivity index (χ2v) is 7.53. The van der Waals surface area contributed by atoms with Gasteiger partial charge in [0.1, 0.15) is 5.75 Å². The molecule has 2 N–H and O–H groups in total. The third kappa shape index (κ3) is 4.36. The van der Waals surface area contributed by atoms with Crippen molar-refractivity contribution in [1.29, 1.82) is 0 Å². The fourth-order valence-corrected chi connectivity index (χ4v) is 3.29. The number of hydrogen-bond donors (Lipinski definition) is 2. The van der Waals surface area contributed by atoms with Gasteiger partial charge >= 0.3 is 0 Å². The molecule has 1 saturated heterocycles. The summed E-state index contributed by atoms with van der Waals surface area (Å²) in [5, 5.41) is 13.7. The van der Waals surface area contributed by atoms with Crippen molar-refractivity contribution in [2.75, 3.05) is 11.4 Å². The summed E-state index contributed by atoms with van der Waals surface area (Å²) >= 11 is 3.31. The van der Waals surface area contributed by atoms with Gasteiger partial charge in [0, 0.05) is 28.7 Å². The lowest BCUT2D eigenvalue weighted by Gasteiger charge is -2.17. The zero-order valence-electron chi connectivity index (χ0n) is 15.1. The Balaban J connectivity index is 1.64. The molecule has 2 aromatic rings. The number of aromatic hydroxyl groups is 1. The normalized spacial score (nSPS) is 16.9. The summed E-state index contributed by atoms with van der Waals surface area (Å²) in [6.45, 7) is 4.34. The van der Waals surface area contributed by atoms with Crippen LogP contribution < -0.4 is 10.3 Å². The lowest BCUT2D eigenvalue weighted by atomic mass is 10.1. The highest BCUT2D eigenvalue weighted by molar-refractivity contribution is 9.10. The van der Waals surface area contributed by atoms with Crippen LogP contribution in [-0.4, -0.2) is 29.7 Å². The molecule has 2 amide bonds. The van der Waals surface area contributed by atoms with E-state index in [2.05, 4.69) is 26.5 Å². The molecule has 1 atom stereocenters. The average Bonchev–Trinajstić information content (AvgIpc) is 3.02. The molecule has 1 aliphatic rings. The Morgan fingerprint density at radius 3 is 2.78 bits per heavy atom. The first-order valence-corrected chi connectivity index (χ1v) is 9.33. The monoisotopic (exact) mass is 429 g/mol. The number of phenols is 1. The first-order chi connectivity index (χ1) is 12.8. The number of nitrogens with one attached hydrogen (secondary N) is 1. The van der Waals surface area contributed by atoms with E-state index in [9.17, 15) is 14.7 Å². The Labute approximate surface area is 166 Å². The highest BCUT2D eigenvalue weighted by Crippen LogP contribution is 2.27. The van der Waals surface area contributed by atoms with E-state index in [-0.39, 0.29) is 24.0 Å². The summed E-state index contributed by atoms with van der Waals surface area (Å²) in [5.74, 6) is -0.798. The predicted molar refractivity (Wildman–Crippen MR) is 108 cm³/mol. The molecular weight excluding hydrogens is 410 g/mol. The molecule has 0 aromatic heterocycles. The number of phenolic OH excluding ortho intramolecular Hbond substituents is 1. The van der Waals surface area contributed by atoms with Crippen molar-refractivity contribution in [3.8, 4) is 5.75 Å². The molecule has 6 nitrogen and oxygen atoms in total. The van der Waals surface area contributed by atoms with Crippen molar-refractivity contribution in [3.05, 3.63) is 57.6 Å². The molecule has 140 valence electrons. The Kier molecular flexibility index (Phi) is 5.60. The minimum absolute atomic E-state index is 0.0631. The Bertz CT molecular complexity index is 927. The van der Waals surface area contributed by atoms with E-state index in [0.29, 0.717) is 12.1 Å². The van der Waals surface area contributed by atoms with Crippen LogP contribution in [0.5, 0.6) is 5.75 Å². The van der Waals surface area contributed by atoms with Gasteiger partial charge in [0.25, 0.3) is 0 Å². The standard InChI is InChI=1S/C20H20BrN3O3/c1-12-3-5-17(7-13(12)2)24-11-15(9-19(24)26)20(27)23-22-10-14-8-16(21)4-6-18(14)25/h3-8,10,15,25H,9,11H2,1-2H3,(H,23,27)/b22-10-/t15-/m1/s1. The van der Waals surface area contributed by atoms with Crippen molar-refractivity contribution in [1.82, 2.24) is 5.43 Å². The summed E-state index contributed by atoms with van der Waals surface area (Å²) in [6, 6.07) is 10.8. The summed E-state index contributed by atoms with van der Waals surface area (Å²) < 4.78 is 0.790. The summed E-state index contributed by atoms with van der Waals surface area (Å²) in [7, 11) is 0. The first-order valence-electron chi connectivity index (χ1n) is 8.54. The number of anilines is 1. The van der Waals surface area contributed by atoms with Crippen molar-refractivity contribution < 1.29 is 14.7 Å². The van der Waals surface area contributed by atoms with Gasteiger partial charge in [-0.25, -0.2) is 5.43 Å². The van der Waals surface area contributed by atoms with Gasteiger partial charge in [-0.05, 0) is 55.3 Å². The van der Waals surface area contributed by atoms with Crippen molar-refractivity contribution in [3.63, 3.8) is 0 Å². The van der Waals surface area contributed by atoms with Crippen LogP contribution in [0.25, 0.3) is 0 Å². The number of halogens is 1. The molecule has 1 heterocycles. The third-order valence-corrected chi connectivity index (χ3v) is 5.16. The van der Waals surface area contributed by atoms with Gasteiger partial charge in [-0.2, -0.15) is 5.10 Å². The fraction of sp³-hybridized carbons (Fsp3) is 0.250. The van der Waals surface area contributed by atoms with E-state index in [0.717, 1.165) is 21.3 Å². The summed E-state index contributed by atoms with van der Waals surface area (Å²) in [4.78, 5) is 26.3. The van der Waals surface area contributed by atoms with Gasteiger partial charge in [0.15, 0.2) is 0 Å². The van der Waals surface area contributed by atoms with Gasteiger partial charge in [-0.3, -0.25) is 9.59 Å². The molecule has 2 aromatic carbocycles. The molecule has 0 spiro atoms. The van der Waals surface area contributed by atoms with Gasteiger partial charge < -0.3 is 10.0 Å². The van der Waals surface area contributed by atoms with E-state index in [1.165, 1.54) is 12.3 Å². The van der Waals surface area contributed by atoms with Crippen LogP contribution in [0, 0.1) is 19.8 Å². The second-order valence-electron chi connectivity index (χ2n) is 6.61. The molecule has 1 fully saturated rings. The number of amides is 2. The van der Waals surface area contributed by atoms with Crippen LogP contribution in [0.2, 0.25) is 0 Å². The average molecular weight is 430 g/mol. The number of hydrogen-bond acceptors (Lipinski definition) is 4. The molecule has 0 bridgehead atoms. The number of nitrogens with zero attached hydrogens (tertiary/aromatic N) is 2. The SMILES string of the molecule is Cc1ccc(N2C[C@H](C(=O)N/N=C\c3cc(Br)ccc3O)CC2=O)cc1C. The fourth-order valence-electron chi connectivity index (χ4n) is 2.91.